The van der Waals surface area contributed by atoms with Crippen molar-refractivity contribution in [3.05, 3.63) is 36.8 Å². The van der Waals surface area contributed by atoms with E-state index in [-0.39, 0.29) is 5.75 Å². The van der Waals surface area contributed by atoms with Gasteiger partial charge in [0.25, 0.3) is 0 Å². The summed E-state index contributed by atoms with van der Waals surface area (Å²) in [5.74, 6) is -0.300. The predicted molar refractivity (Wildman–Crippen MR) is 138 cm³/mol. The largest absolute Gasteiger partial charge is 0.748 e. The summed E-state index contributed by atoms with van der Waals surface area (Å²) in [5.41, 5.74) is 0. The van der Waals surface area contributed by atoms with Gasteiger partial charge in [0.2, 0.25) is 0 Å². The molecule has 0 rings (SSSR count). The van der Waals surface area contributed by atoms with Crippen LogP contribution in [0.15, 0.2) is 36.8 Å². The van der Waals surface area contributed by atoms with Gasteiger partial charge in [-0.25, -0.2) is 12.9 Å². The highest BCUT2D eigenvalue weighted by molar-refractivity contribution is 7.85. The Bertz CT molecular complexity index is 553. The average Bonchev–Trinajstić information content (AvgIpc) is 2.74. The van der Waals surface area contributed by atoms with Crippen LogP contribution in [-0.4, -0.2) is 29.8 Å². The quantitative estimate of drug-likeness (QED) is 0.0912. The van der Waals surface area contributed by atoms with Gasteiger partial charge in [0, 0.05) is 12.2 Å². The summed E-state index contributed by atoms with van der Waals surface area (Å²) in [6.45, 7) is 7.26. The molecule has 0 fully saturated rings. The molecule has 0 N–H and O–H groups in total. The second kappa shape index (κ2) is 20.7. The summed E-state index contributed by atoms with van der Waals surface area (Å²) in [5, 5.41) is 0. The van der Waals surface area contributed by atoms with E-state index < -0.39 is 10.1 Å². The molecule has 188 valence electrons. The zero-order valence-corrected chi connectivity index (χ0v) is 22.1. The van der Waals surface area contributed by atoms with Gasteiger partial charge >= 0.3 is 0 Å². The van der Waals surface area contributed by atoms with Crippen molar-refractivity contribution >= 4 is 10.1 Å². The molecule has 0 saturated heterocycles. The lowest BCUT2D eigenvalue weighted by atomic mass is 10.1. The molecule has 0 heterocycles. The monoisotopic (exact) mass is 469 g/mol. The number of allylic oxidation sites excluding steroid dienone is 3. The van der Waals surface area contributed by atoms with E-state index in [1.807, 2.05) is 0 Å². The third-order valence-corrected chi connectivity index (χ3v) is 6.55. The van der Waals surface area contributed by atoms with Crippen LogP contribution in [0.4, 0.5) is 0 Å². The topological polar surface area (TPSA) is 57.2 Å². The van der Waals surface area contributed by atoms with Gasteiger partial charge in [0.1, 0.15) is 18.6 Å². The molecule has 0 spiro atoms. The number of hydrogen-bond donors (Lipinski definition) is 0. The van der Waals surface area contributed by atoms with Gasteiger partial charge in [0.15, 0.2) is 0 Å². The number of nitrogens with zero attached hydrogens (tertiary/aromatic N) is 1. The van der Waals surface area contributed by atoms with Crippen LogP contribution >= 0.6 is 0 Å². The highest BCUT2D eigenvalue weighted by Gasteiger charge is 2.19. The maximum atomic E-state index is 11.2. The van der Waals surface area contributed by atoms with E-state index in [4.69, 9.17) is 0 Å². The predicted octanol–water partition coefficient (Wildman–Crippen LogP) is 8.19. The van der Waals surface area contributed by atoms with Crippen LogP contribution in [0.3, 0.4) is 0 Å². The third-order valence-electron chi connectivity index (χ3n) is 5.76. The van der Waals surface area contributed by atoms with Crippen molar-refractivity contribution in [3.63, 3.8) is 0 Å². The smallest absolute Gasteiger partial charge is 0.101 e. The van der Waals surface area contributed by atoms with E-state index in [9.17, 15) is 13.0 Å². The Kier molecular flexibility index (Phi) is 20.1. The molecule has 0 aliphatic heterocycles. The normalized spacial score (nSPS) is 13.2. The summed E-state index contributed by atoms with van der Waals surface area (Å²) in [6, 6.07) is 0. The van der Waals surface area contributed by atoms with E-state index in [1.54, 1.807) is 0 Å². The third kappa shape index (κ3) is 19.8. The van der Waals surface area contributed by atoms with Crippen LogP contribution in [0.1, 0.15) is 124 Å². The lowest BCUT2D eigenvalue weighted by Crippen LogP contribution is -2.33. The van der Waals surface area contributed by atoms with Gasteiger partial charge in [0.05, 0.1) is 16.7 Å². The summed E-state index contributed by atoms with van der Waals surface area (Å²) < 4.78 is 34.1. The first-order valence-corrected chi connectivity index (χ1v) is 14.8. The Morgan fingerprint density at radius 1 is 0.594 bits per heavy atom. The average molecular weight is 470 g/mol. The molecule has 0 aromatic carbocycles. The van der Waals surface area contributed by atoms with Gasteiger partial charge in [-0.05, 0) is 56.8 Å². The molecule has 0 radical (unpaired) electrons. The molecular weight excluding hydrogens is 418 g/mol. The molecule has 0 atom stereocenters. The molecule has 0 aliphatic rings. The Morgan fingerprint density at radius 3 is 1.28 bits per heavy atom. The van der Waals surface area contributed by atoms with Crippen molar-refractivity contribution in [1.29, 1.82) is 0 Å². The maximum Gasteiger partial charge on any atom is 0.101 e. The molecular formula is C27H51NO3S. The zero-order chi connectivity index (χ0) is 24.0. The molecule has 0 unspecified atom stereocenters. The van der Waals surface area contributed by atoms with Crippen LogP contribution in [0.5, 0.6) is 0 Å². The van der Waals surface area contributed by atoms with Crippen molar-refractivity contribution in [1.82, 2.24) is 0 Å². The molecule has 0 aromatic heterocycles. The Hall–Kier alpha value is -0.910. The van der Waals surface area contributed by atoms with Gasteiger partial charge in [-0.2, -0.15) is 0 Å². The van der Waals surface area contributed by atoms with E-state index in [0.29, 0.717) is 17.4 Å². The number of rotatable bonds is 22. The fourth-order valence-electron chi connectivity index (χ4n) is 3.77. The van der Waals surface area contributed by atoms with Crippen LogP contribution in [0.25, 0.3) is 0 Å². The molecule has 0 aromatic rings. The first-order valence-electron chi connectivity index (χ1n) is 13.2. The summed E-state index contributed by atoms with van der Waals surface area (Å²) in [4.78, 5) is 0. The fraction of sp³-hybridized carbons (Fsp3) is 0.778. The summed E-state index contributed by atoms with van der Waals surface area (Å²) >= 11 is 0. The van der Waals surface area contributed by atoms with Gasteiger partial charge in [-0.15, -0.1) is 0 Å². The minimum atomic E-state index is -4.19. The first-order chi connectivity index (χ1) is 15.4. The highest BCUT2D eigenvalue weighted by Crippen LogP contribution is 2.18. The van der Waals surface area contributed by atoms with Crippen LogP contribution in [0, 0.1) is 0 Å². The first kappa shape index (κ1) is 31.1. The molecule has 5 heteroatoms. The standard InChI is InChI=1S/C27H51NO3S/c1-4-7-10-13-16-19-23-28(26-22-27-32(29,30)31,24-20-17-14-11-8-5-2)25-21-18-15-12-9-6-3/h19-21,23-25H,4-18,22,26-27H2,1-3H3/b23-19+,24-20+,25-21+. The van der Waals surface area contributed by atoms with Crippen molar-refractivity contribution < 1.29 is 17.5 Å². The minimum absolute atomic E-state index is 0.300. The molecule has 0 amide bonds. The second-order valence-corrected chi connectivity index (χ2v) is 10.6. The van der Waals surface area contributed by atoms with Crippen LogP contribution in [0.2, 0.25) is 0 Å². The summed E-state index contributed by atoms with van der Waals surface area (Å²) in [6.07, 6.45) is 31.6. The maximum absolute atomic E-state index is 11.2. The Labute approximate surface area is 200 Å². The van der Waals surface area contributed by atoms with Crippen molar-refractivity contribution in [2.45, 2.75) is 124 Å². The minimum Gasteiger partial charge on any atom is -0.748 e. The van der Waals surface area contributed by atoms with Gasteiger partial charge in [-0.3, -0.25) is 0 Å². The van der Waals surface area contributed by atoms with E-state index in [2.05, 4.69) is 57.6 Å². The molecule has 0 bridgehead atoms. The van der Waals surface area contributed by atoms with E-state index in [1.165, 1.54) is 77.0 Å². The lowest BCUT2D eigenvalue weighted by Gasteiger charge is -2.27. The molecule has 32 heavy (non-hydrogen) atoms. The Morgan fingerprint density at radius 2 is 0.969 bits per heavy atom. The summed E-state index contributed by atoms with van der Waals surface area (Å²) in [7, 11) is -4.19. The fourth-order valence-corrected chi connectivity index (χ4v) is 4.25. The molecule has 0 aliphatic carbocycles. The Balaban J connectivity index is 5.29. The lowest BCUT2D eigenvalue weighted by molar-refractivity contribution is -0.773. The second-order valence-electron chi connectivity index (χ2n) is 9.04. The van der Waals surface area contributed by atoms with Crippen LogP contribution in [-0.2, 0) is 10.1 Å². The van der Waals surface area contributed by atoms with Crippen molar-refractivity contribution in [3.8, 4) is 0 Å². The SMILES string of the molecule is CCCCCC/C=C/[N+](/C=C/CCCCCC)(/C=C/CCCCCC)CCCS(=O)(=O)[O-]. The zero-order valence-electron chi connectivity index (χ0n) is 21.3. The number of unbranched alkanes of at least 4 members (excludes halogenated alkanes) is 12. The molecule has 0 saturated carbocycles. The van der Waals surface area contributed by atoms with Gasteiger partial charge in [-0.1, -0.05) is 78.6 Å². The highest BCUT2D eigenvalue weighted by atomic mass is 32.2. The van der Waals surface area contributed by atoms with Crippen molar-refractivity contribution in [2.24, 2.45) is 0 Å². The van der Waals surface area contributed by atoms with Gasteiger partial charge < -0.3 is 4.55 Å². The van der Waals surface area contributed by atoms with Crippen LogP contribution < -0.4 is 0 Å². The van der Waals surface area contributed by atoms with Crippen molar-refractivity contribution in [2.75, 3.05) is 12.3 Å². The molecule has 4 nitrogen and oxygen atoms in total. The number of quaternary nitrogens is 1. The van der Waals surface area contributed by atoms with E-state index >= 15 is 0 Å². The number of hydrogen-bond acceptors (Lipinski definition) is 3. The van der Waals surface area contributed by atoms with E-state index in [0.717, 1.165) is 19.3 Å².